The molecule has 1 saturated carbocycles. The van der Waals surface area contributed by atoms with Gasteiger partial charge in [-0.3, -0.25) is 9.38 Å². The number of benzene rings is 2. The van der Waals surface area contributed by atoms with Gasteiger partial charge in [0, 0.05) is 22.7 Å². The molecule has 1 aliphatic rings. The minimum absolute atomic E-state index is 0.154. The van der Waals surface area contributed by atoms with Gasteiger partial charge in [0.2, 0.25) is 0 Å². The van der Waals surface area contributed by atoms with E-state index in [2.05, 4.69) is 63.1 Å². The van der Waals surface area contributed by atoms with Crippen LogP contribution in [0.4, 0.5) is 0 Å². The topological polar surface area (TPSA) is 69.1 Å². The molecule has 0 unspecified atom stereocenters. The van der Waals surface area contributed by atoms with E-state index in [0.717, 1.165) is 57.6 Å². The maximum Gasteiger partial charge on any atom is 0.170 e. The molecule has 6 rings (SSSR count). The lowest BCUT2D eigenvalue weighted by atomic mass is 9.72. The van der Waals surface area contributed by atoms with Crippen molar-refractivity contribution in [2.24, 2.45) is 5.73 Å². The van der Waals surface area contributed by atoms with E-state index in [4.69, 9.17) is 10.7 Å². The van der Waals surface area contributed by atoms with Crippen molar-refractivity contribution in [3.63, 3.8) is 0 Å². The number of hydrogen-bond donors (Lipinski definition) is 1. The van der Waals surface area contributed by atoms with Crippen molar-refractivity contribution in [3.8, 4) is 22.4 Å². The highest BCUT2D eigenvalue weighted by atomic mass is 15.2. The van der Waals surface area contributed by atoms with Gasteiger partial charge in [-0.15, -0.1) is 10.2 Å². The molecule has 3 aromatic heterocycles. The Labute approximate surface area is 180 Å². The fourth-order valence-corrected chi connectivity index (χ4v) is 4.61. The van der Waals surface area contributed by atoms with Crippen molar-refractivity contribution in [1.29, 1.82) is 0 Å². The number of aromatic nitrogens is 4. The molecule has 5 nitrogen and oxygen atoms in total. The summed E-state index contributed by atoms with van der Waals surface area (Å²) in [7, 11) is 0. The van der Waals surface area contributed by atoms with Crippen LogP contribution in [0.5, 0.6) is 0 Å². The monoisotopic (exact) mass is 405 g/mol. The fourth-order valence-electron chi connectivity index (χ4n) is 4.61. The van der Waals surface area contributed by atoms with Crippen LogP contribution in [0, 0.1) is 6.92 Å². The number of rotatable bonds is 3. The van der Waals surface area contributed by atoms with Gasteiger partial charge in [0.25, 0.3) is 0 Å². The van der Waals surface area contributed by atoms with Gasteiger partial charge in [-0.05, 0) is 55.0 Å². The Bertz CT molecular complexity index is 1410. The smallest absolute Gasteiger partial charge is 0.170 e. The standard InChI is InChI=1S/C26H23N5/c1-17-29-30-25-22-14-20(18-6-3-2-4-7-18)16-28-23(22)15-24(31(17)25)19-8-10-21(11-9-19)26(27)12-5-13-26/h2-4,6-11,14-16H,5,12-13,27H2,1H3. The summed E-state index contributed by atoms with van der Waals surface area (Å²) in [4.78, 5) is 4.78. The van der Waals surface area contributed by atoms with Crippen molar-refractivity contribution in [3.05, 3.63) is 84.3 Å². The van der Waals surface area contributed by atoms with E-state index >= 15 is 0 Å². The summed E-state index contributed by atoms with van der Waals surface area (Å²) in [5.41, 5.74) is 13.7. The molecule has 0 aliphatic heterocycles. The summed E-state index contributed by atoms with van der Waals surface area (Å²) < 4.78 is 2.12. The Morgan fingerprint density at radius 1 is 0.871 bits per heavy atom. The predicted molar refractivity (Wildman–Crippen MR) is 124 cm³/mol. The number of hydrogen-bond acceptors (Lipinski definition) is 4. The lowest BCUT2D eigenvalue weighted by Crippen LogP contribution is -2.43. The zero-order valence-corrected chi connectivity index (χ0v) is 17.4. The molecule has 0 radical (unpaired) electrons. The van der Waals surface area contributed by atoms with Crippen LogP contribution >= 0.6 is 0 Å². The average Bonchev–Trinajstić information content (AvgIpc) is 3.19. The molecule has 2 aromatic carbocycles. The highest BCUT2D eigenvalue weighted by Crippen LogP contribution is 2.39. The predicted octanol–water partition coefficient (Wildman–Crippen LogP) is 5.26. The maximum absolute atomic E-state index is 6.51. The third-order valence-corrected chi connectivity index (χ3v) is 6.61. The van der Waals surface area contributed by atoms with Crippen LogP contribution in [-0.4, -0.2) is 19.6 Å². The number of nitrogens with zero attached hydrogens (tertiary/aromatic N) is 4. The van der Waals surface area contributed by atoms with Crippen LogP contribution in [0.2, 0.25) is 0 Å². The summed E-state index contributed by atoms with van der Waals surface area (Å²) in [6, 6.07) is 23.2. The normalized spacial score (nSPS) is 15.3. The van der Waals surface area contributed by atoms with Crippen molar-refractivity contribution < 1.29 is 0 Å². The molecule has 1 aliphatic carbocycles. The molecular weight excluding hydrogens is 382 g/mol. The minimum Gasteiger partial charge on any atom is -0.321 e. The second-order valence-electron chi connectivity index (χ2n) is 8.55. The van der Waals surface area contributed by atoms with E-state index in [-0.39, 0.29) is 5.54 Å². The quantitative estimate of drug-likeness (QED) is 0.445. The van der Waals surface area contributed by atoms with E-state index < -0.39 is 0 Å². The molecular formula is C26H23N5. The zero-order chi connectivity index (χ0) is 21.0. The molecule has 0 amide bonds. The van der Waals surface area contributed by atoms with Gasteiger partial charge >= 0.3 is 0 Å². The molecule has 1 fully saturated rings. The van der Waals surface area contributed by atoms with Gasteiger partial charge in [0.1, 0.15) is 5.82 Å². The van der Waals surface area contributed by atoms with Gasteiger partial charge in [-0.1, -0.05) is 54.6 Å². The van der Waals surface area contributed by atoms with Crippen LogP contribution in [0.3, 0.4) is 0 Å². The molecule has 152 valence electrons. The van der Waals surface area contributed by atoms with Gasteiger partial charge in [-0.25, -0.2) is 0 Å². The van der Waals surface area contributed by atoms with E-state index in [0.29, 0.717) is 0 Å². The third-order valence-electron chi connectivity index (χ3n) is 6.61. The first-order valence-electron chi connectivity index (χ1n) is 10.7. The first-order chi connectivity index (χ1) is 15.1. The molecule has 0 atom stereocenters. The Hall–Kier alpha value is -3.57. The average molecular weight is 406 g/mol. The number of pyridine rings is 2. The van der Waals surface area contributed by atoms with Gasteiger partial charge < -0.3 is 5.73 Å². The Balaban J connectivity index is 1.52. The number of fused-ring (bicyclic) bond motifs is 3. The van der Waals surface area contributed by atoms with E-state index in [1.807, 2.05) is 31.3 Å². The van der Waals surface area contributed by atoms with Crippen LogP contribution in [0.1, 0.15) is 30.7 Å². The van der Waals surface area contributed by atoms with E-state index in [9.17, 15) is 0 Å². The molecule has 5 heteroatoms. The Morgan fingerprint density at radius 3 is 2.35 bits per heavy atom. The van der Waals surface area contributed by atoms with Gasteiger partial charge in [0.05, 0.1) is 11.2 Å². The largest absolute Gasteiger partial charge is 0.321 e. The Kier molecular flexibility index (Phi) is 3.95. The van der Waals surface area contributed by atoms with E-state index in [1.54, 1.807) is 0 Å². The molecule has 0 spiro atoms. The summed E-state index contributed by atoms with van der Waals surface area (Å²) >= 11 is 0. The van der Waals surface area contributed by atoms with Gasteiger partial charge in [0.15, 0.2) is 5.65 Å². The maximum atomic E-state index is 6.51. The molecule has 2 N–H and O–H groups in total. The van der Waals surface area contributed by atoms with Crippen LogP contribution in [0.15, 0.2) is 72.9 Å². The van der Waals surface area contributed by atoms with Crippen molar-refractivity contribution in [2.75, 3.05) is 0 Å². The summed E-state index contributed by atoms with van der Waals surface area (Å²) in [6.45, 7) is 1.99. The van der Waals surface area contributed by atoms with Crippen LogP contribution in [0.25, 0.3) is 38.9 Å². The zero-order valence-electron chi connectivity index (χ0n) is 17.4. The summed E-state index contributed by atoms with van der Waals surface area (Å²) in [5, 5.41) is 9.88. The highest BCUT2D eigenvalue weighted by Gasteiger charge is 2.34. The first kappa shape index (κ1) is 18.2. The highest BCUT2D eigenvalue weighted by molar-refractivity contribution is 5.96. The molecule has 3 heterocycles. The summed E-state index contributed by atoms with van der Waals surface area (Å²) in [5.74, 6) is 0.857. The van der Waals surface area contributed by atoms with Gasteiger partial charge in [-0.2, -0.15) is 0 Å². The number of aryl methyl sites for hydroxylation is 1. The SMILES string of the molecule is Cc1nnc2c3cc(-c4ccccc4)cnc3cc(-c3ccc(C4(N)CCC4)cc3)n12. The minimum atomic E-state index is -0.154. The lowest BCUT2D eigenvalue weighted by molar-refractivity contribution is 0.253. The number of nitrogens with two attached hydrogens (primary N) is 1. The van der Waals surface area contributed by atoms with Crippen molar-refractivity contribution in [1.82, 2.24) is 19.6 Å². The second-order valence-corrected chi connectivity index (χ2v) is 8.55. The molecule has 0 saturated heterocycles. The Morgan fingerprint density at radius 2 is 1.65 bits per heavy atom. The second kappa shape index (κ2) is 6.72. The third kappa shape index (κ3) is 2.85. The molecule has 0 bridgehead atoms. The van der Waals surface area contributed by atoms with Crippen LogP contribution < -0.4 is 5.73 Å². The van der Waals surface area contributed by atoms with Crippen molar-refractivity contribution in [2.45, 2.75) is 31.7 Å². The molecule has 31 heavy (non-hydrogen) atoms. The first-order valence-corrected chi connectivity index (χ1v) is 10.7. The molecule has 5 aromatic rings. The van der Waals surface area contributed by atoms with Crippen LogP contribution in [-0.2, 0) is 5.54 Å². The fraction of sp³-hybridized carbons (Fsp3) is 0.192. The summed E-state index contributed by atoms with van der Waals surface area (Å²) in [6.07, 6.45) is 5.26. The lowest BCUT2D eigenvalue weighted by Gasteiger charge is -2.38. The van der Waals surface area contributed by atoms with E-state index in [1.165, 1.54) is 12.0 Å². The van der Waals surface area contributed by atoms with Crippen molar-refractivity contribution >= 4 is 16.6 Å².